The van der Waals surface area contributed by atoms with Gasteiger partial charge < -0.3 is 9.88 Å². The lowest BCUT2D eigenvalue weighted by Crippen LogP contribution is -2.30. The molecule has 2 aliphatic rings. The van der Waals surface area contributed by atoms with Gasteiger partial charge in [0.2, 0.25) is 5.78 Å². The number of rotatable bonds is 3. The van der Waals surface area contributed by atoms with Crippen molar-refractivity contribution < 1.29 is 4.79 Å². The van der Waals surface area contributed by atoms with Crippen molar-refractivity contribution in [3.63, 3.8) is 0 Å². The molecule has 1 aromatic heterocycles. The number of nitrogens with zero attached hydrogens (tertiary/aromatic N) is 1. The first-order chi connectivity index (χ1) is 9.36. The minimum atomic E-state index is 0.253. The Kier molecular flexibility index (Phi) is 3.83. The predicted octanol–water partition coefficient (Wildman–Crippen LogP) is 3.10. The molecular weight excluding hydrogens is 236 g/mol. The summed E-state index contributed by atoms with van der Waals surface area (Å²) in [6, 6.07) is 4.48. The molecule has 1 aliphatic carbocycles. The molecule has 1 aliphatic heterocycles. The standard InChI is InChI=1S/C16H22N2O/c19-16(13-5-2-1-3-6-13)15-7-4-12-18(15)14-8-10-17-11-9-14/h4-5,7,12,14,17H,1-3,6,8-11H2. The van der Waals surface area contributed by atoms with Gasteiger partial charge in [0.15, 0.2) is 0 Å². The fraction of sp³-hybridized carbons (Fsp3) is 0.562. The average molecular weight is 258 g/mol. The van der Waals surface area contributed by atoms with E-state index in [4.69, 9.17) is 0 Å². The van der Waals surface area contributed by atoms with Crippen molar-refractivity contribution in [1.82, 2.24) is 9.88 Å². The van der Waals surface area contributed by atoms with Crippen LogP contribution >= 0.6 is 0 Å². The molecule has 19 heavy (non-hydrogen) atoms. The number of hydrogen-bond donors (Lipinski definition) is 1. The molecule has 0 radical (unpaired) electrons. The van der Waals surface area contributed by atoms with Crippen molar-refractivity contribution >= 4 is 5.78 Å². The molecule has 3 rings (SSSR count). The Balaban J connectivity index is 1.82. The van der Waals surface area contributed by atoms with Gasteiger partial charge in [-0.1, -0.05) is 6.08 Å². The lowest BCUT2D eigenvalue weighted by Gasteiger charge is -2.26. The summed E-state index contributed by atoms with van der Waals surface area (Å²) in [4.78, 5) is 12.6. The van der Waals surface area contributed by atoms with Crippen LogP contribution in [-0.2, 0) is 0 Å². The maximum atomic E-state index is 12.6. The number of nitrogens with one attached hydrogen (secondary N) is 1. The lowest BCUT2D eigenvalue weighted by molar-refractivity contribution is 0.101. The second kappa shape index (κ2) is 5.74. The normalized spacial score (nSPS) is 21.2. The second-order valence-corrected chi connectivity index (χ2v) is 5.59. The van der Waals surface area contributed by atoms with Crippen molar-refractivity contribution in [3.05, 3.63) is 35.7 Å². The third-order valence-corrected chi connectivity index (χ3v) is 4.30. The van der Waals surface area contributed by atoms with Crippen LogP contribution in [0.25, 0.3) is 0 Å². The van der Waals surface area contributed by atoms with Crippen molar-refractivity contribution in [2.24, 2.45) is 0 Å². The van der Waals surface area contributed by atoms with Gasteiger partial charge in [-0.2, -0.15) is 0 Å². The molecule has 1 N–H and O–H groups in total. The van der Waals surface area contributed by atoms with Crippen LogP contribution in [0.3, 0.4) is 0 Å². The number of ketones is 1. The van der Waals surface area contributed by atoms with Crippen LogP contribution in [0.2, 0.25) is 0 Å². The van der Waals surface area contributed by atoms with Crippen LogP contribution in [0.4, 0.5) is 0 Å². The maximum Gasteiger partial charge on any atom is 0.205 e. The molecule has 0 saturated carbocycles. The van der Waals surface area contributed by atoms with Crippen LogP contribution in [0, 0.1) is 0 Å². The molecule has 2 heterocycles. The molecule has 3 heteroatoms. The molecule has 0 atom stereocenters. The summed E-state index contributed by atoms with van der Waals surface area (Å²) < 4.78 is 2.21. The first-order valence-electron chi connectivity index (χ1n) is 7.47. The monoisotopic (exact) mass is 258 g/mol. The summed E-state index contributed by atoms with van der Waals surface area (Å²) in [6.45, 7) is 2.11. The van der Waals surface area contributed by atoms with Gasteiger partial charge in [0, 0.05) is 12.2 Å². The van der Waals surface area contributed by atoms with E-state index in [9.17, 15) is 4.79 Å². The van der Waals surface area contributed by atoms with E-state index in [0.717, 1.165) is 56.5 Å². The van der Waals surface area contributed by atoms with Gasteiger partial charge in [-0.3, -0.25) is 4.79 Å². The first-order valence-corrected chi connectivity index (χ1v) is 7.47. The third kappa shape index (κ3) is 2.66. The van der Waals surface area contributed by atoms with Gasteiger partial charge in [-0.15, -0.1) is 0 Å². The number of hydrogen-bond acceptors (Lipinski definition) is 2. The van der Waals surface area contributed by atoms with E-state index in [1.54, 1.807) is 0 Å². The van der Waals surface area contributed by atoms with Crippen LogP contribution < -0.4 is 5.32 Å². The Morgan fingerprint density at radius 3 is 2.84 bits per heavy atom. The predicted molar refractivity (Wildman–Crippen MR) is 76.5 cm³/mol. The summed E-state index contributed by atoms with van der Waals surface area (Å²) >= 11 is 0. The van der Waals surface area contributed by atoms with Crippen molar-refractivity contribution in [1.29, 1.82) is 0 Å². The van der Waals surface area contributed by atoms with E-state index in [-0.39, 0.29) is 5.78 Å². The van der Waals surface area contributed by atoms with Crippen LogP contribution in [-0.4, -0.2) is 23.4 Å². The second-order valence-electron chi connectivity index (χ2n) is 5.59. The maximum absolute atomic E-state index is 12.6. The van der Waals surface area contributed by atoms with E-state index in [0.29, 0.717) is 6.04 Å². The zero-order chi connectivity index (χ0) is 13.1. The molecule has 1 aromatic rings. The van der Waals surface area contributed by atoms with Gasteiger partial charge in [0.1, 0.15) is 0 Å². The first kappa shape index (κ1) is 12.7. The zero-order valence-corrected chi connectivity index (χ0v) is 11.4. The Morgan fingerprint density at radius 2 is 2.11 bits per heavy atom. The fourth-order valence-electron chi connectivity index (χ4n) is 3.20. The number of piperidine rings is 1. The number of carbonyl (C=O) groups excluding carboxylic acids is 1. The summed E-state index contributed by atoms with van der Waals surface area (Å²) in [5.41, 5.74) is 1.92. The summed E-state index contributed by atoms with van der Waals surface area (Å²) in [7, 11) is 0. The molecule has 0 amide bonds. The van der Waals surface area contributed by atoms with Gasteiger partial charge in [0.05, 0.1) is 5.69 Å². The highest BCUT2D eigenvalue weighted by Crippen LogP contribution is 2.26. The number of allylic oxidation sites excluding steroid dienone is 2. The molecule has 0 unspecified atom stereocenters. The number of Topliss-reactive ketones (excluding diaryl/α,β-unsaturated/α-hetero) is 1. The topological polar surface area (TPSA) is 34.0 Å². The highest BCUT2D eigenvalue weighted by atomic mass is 16.1. The smallest absolute Gasteiger partial charge is 0.205 e. The molecule has 1 fully saturated rings. The Hall–Kier alpha value is -1.35. The van der Waals surface area contributed by atoms with E-state index >= 15 is 0 Å². The highest BCUT2D eigenvalue weighted by molar-refractivity contribution is 6.07. The Labute approximate surface area is 114 Å². The zero-order valence-electron chi connectivity index (χ0n) is 11.4. The van der Waals surface area contributed by atoms with Gasteiger partial charge in [-0.25, -0.2) is 0 Å². The molecule has 3 nitrogen and oxygen atoms in total. The van der Waals surface area contributed by atoms with E-state index in [1.165, 1.54) is 6.42 Å². The fourth-order valence-corrected chi connectivity index (χ4v) is 3.20. The van der Waals surface area contributed by atoms with Crippen LogP contribution in [0.15, 0.2) is 30.0 Å². The average Bonchev–Trinajstić information content (AvgIpc) is 2.98. The molecule has 1 saturated heterocycles. The van der Waals surface area contributed by atoms with E-state index < -0.39 is 0 Å². The van der Waals surface area contributed by atoms with Gasteiger partial charge in [0.25, 0.3) is 0 Å². The van der Waals surface area contributed by atoms with Gasteiger partial charge >= 0.3 is 0 Å². The van der Waals surface area contributed by atoms with Crippen molar-refractivity contribution in [2.75, 3.05) is 13.1 Å². The SMILES string of the molecule is O=C(C1=CCCCC1)c1cccn1C1CCNCC1. The van der Waals surface area contributed by atoms with Crippen molar-refractivity contribution in [2.45, 2.75) is 44.6 Å². The summed E-state index contributed by atoms with van der Waals surface area (Å²) in [6.07, 6.45) is 10.9. The Bertz CT molecular complexity index is 481. The summed E-state index contributed by atoms with van der Waals surface area (Å²) in [5.74, 6) is 0.253. The minimum Gasteiger partial charge on any atom is -0.342 e. The minimum absolute atomic E-state index is 0.253. The lowest BCUT2D eigenvalue weighted by atomic mass is 9.95. The largest absolute Gasteiger partial charge is 0.342 e. The van der Waals surface area contributed by atoms with Gasteiger partial charge in [-0.05, 0) is 69.3 Å². The van der Waals surface area contributed by atoms with Crippen LogP contribution in [0.5, 0.6) is 0 Å². The number of aromatic nitrogens is 1. The molecular formula is C16H22N2O. The molecule has 0 bridgehead atoms. The number of carbonyl (C=O) groups is 1. The van der Waals surface area contributed by atoms with Crippen molar-refractivity contribution in [3.8, 4) is 0 Å². The molecule has 0 aromatic carbocycles. The Morgan fingerprint density at radius 1 is 1.26 bits per heavy atom. The van der Waals surface area contributed by atoms with Crippen LogP contribution in [0.1, 0.15) is 55.1 Å². The quantitative estimate of drug-likeness (QED) is 0.845. The highest BCUT2D eigenvalue weighted by Gasteiger charge is 2.22. The van der Waals surface area contributed by atoms with E-state index in [1.807, 2.05) is 12.1 Å². The third-order valence-electron chi connectivity index (χ3n) is 4.30. The van der Waals surface area contributed by atoms with E-state index in [2.05, 4.69) is 22.2 Å². The molecule has 102 valence electrons. The summed E-state index contributed by atoms with van der Waals surface area (Å²) in [5, 5.41) is 3.38. The molecule has 0 spiro atoms.